The average molecular weight is 149 g/mol. The van der Waals surface area contributed by atoms with Crippen LogP contribution in [0.2, 0.25) is 0 Å². The Bertz CT molecular complexity index is 258. The van der Waals surface area contributed by atoms with E-state index < -0.39 is 0 Å². The highest BCUT2D eigenvalue weighted by Crippen LogP contribution is 2.39. The first kappa shape index (κ1) is 6.58. The molecule has 58 valence electrons. The van der Waals surface area contributed by atoms with Gasteiger partial charge in [0, 0.05) is 17.7 Å². The van der Waals surface area contributed by atoms with Crippen LogP contribution in [0.25, 0.3) is 0 Å². The fourth-order valence-electron chi connectivity index (χ4n) is 1.20. The maximum atomic E-state index is 5.57. The van der Waals surface area contributed by atoms with Crippen LogP contribution < -0.4 is 5.73 Å². The number of hydrogen-bond acceptors (Lipinski definition) is 3. The number of aromatic nitrogens is 2. The fraction of sp³-hybridized carbons (Fsp3) is 0.500. The minimum absolute atomic E-state index is 0.597. The summed E-state index contributed by atoms with van der Waals surface area (Å²) in [5, 5.41) is 0. The van der Waals surface area contributed by atoms with Crippen molar-refractivity contribution in [1.29, 1.82) is 0 Å². The number of nitrogens with zero attached hydrogens (tertiary/aromatic N) is 2. The number of nitrogen functional groups attached to an aromatic ring is 1. The van der Waals surface area contributed by atoms with Crippen molar-refractivity contribution in [2.45, 2.75) is 25.7 Å². The van der Waals surface area contributed by atoms with Gasteiger partial charge >= 0.3 is 0 Å². The molecule has 0 atom stereocenters. The molecule has 11 heavy (non-hydrogen) atoms. The summed E-state index contributed by atoms with van der Waals surface area (Å²) < 4.78 is 0. The molecule has 1 heterocycles. The first-order chi connectivity index (χ1) is 5.25. The van der Waals surface area contributed by atoms with E-state index in [1.165, 1.54) is 12.8 Å². The van der Waals surface area contributed by atoms with Gasteiger partial charge in [-0.2, -0.15) is 0 Å². The molecule has 3 heteroatoms. The molecule has 0 spiro atoms. The monoisotopic (exact) mass is 149 g/mol. The van der Waals surface area contributed by atoms with E-state index in [1.54, 1.807) is 0 Å². The molecule has 1 fully saturated rings. The van der Waals surface area contributed by atoms with E-state index in [0.29, 0.717) is 11.7 Å². The maximum absolute atomic E-state index is 5.57. The van der Waals surface area contributed by atoms with E-state index in [4.69, 9.17) is 5.73 Å². The molecule has 0 amide bonds. The summed E-state index contributed by atoms with van der Waals surface area (Å²) in [5.74, 6) is 2.05. The summed E-state index contributed by atoms with van der Waals surface area (Å²) in [4.78, 5) is 8.32. The van der Waals surface area contributed by atoms with Crippen molar-refractivity contribution in [3.63, 3.8) is 0 Å². The average Bonchev–Trinajstić information content (AvgIpc) is 2.64. The number of anilines is 1. The Kier molecular flexibility index (Phi) is 1.31. The number of aryl methyl sites for hydroxylation is 1. The van der Waals surface area contributed by atoms with Gasteiger partial charge in [0.2, 0.25) is 0 Å². The summed E-state index contributed by atoms with van der Waals surface area (Å²) >= 11 is 0. The lowest BCUT2D eigenvalue weighted by Gasteiger charge is -1.99. The van der Waals surface area contributed by atoms with Crippen molar-refractivity contribution in [1.82, 2.24) is 9.97 Å². The van der Waals surface area contributed by atoms with Gasteiger partial charge in [-0.15, -0.1) is 0 Å². The highest BCUT2D eigenvalue weighted by molar-refractivity contribution is 5.32. The zero-order valence-corrected chi connectivity index (χ0v) is 6.54. The maximum Gasteiger partial charge on any atom is 0.127 e. The van der Waals surface area contributed by atoms with Crippen molar-refractivity contribution in [3.8, 4) is 0 Å². The Hall–Kier alpha value is -1.12. The highest BCUT2D eigenvalue weighted by Gasteiger charge is 2.25. The van der Waals surface area contributed by atoms with Crippen LogP contribution in [0.3, 0.4) is 0 Å². The number of rotatable bonds is 1. The molecule has 0 bridgehead atoms. The van der Waals surface area contributed by atoms with Gasteiger partial charge in [-0.05, 0) is 19.8 Å². The van der Waals surface area contributed by atoms with Crippen LogP contribution in [-0.4, -0.2) is 9.97 Å². The third-order valence-electron chi connectivity index (χ3n) is 1.87. The smallest absolute Gasteiger partial charge is 0.127 e. The molecule has 1 aliphatic rings. The molecule has 0 radical (unpaired) electrons. The molecule has 0 unspecified atom stereocenters. The Morgan fingerprint density at radius 2 is 2.18 bits per heavy atom. The largest absolute Gasteiger partial charge is 0.384 e. The molecule has 0 aromatic carbocycles. The molecule has 1 saturated carbocycles. The van der Waals surface area contributed by atoms with Crippen LogP contribution in [0.4, 0.5) is 5.82 Å². The van der Waals surface area contributed by atoms with E-state index in [9.17, 15) is 0 Å². The standard InChI is InChI=1S/C8H11N3/c1-5-10-7(6-2-3-6)4-8(9)11-5/h4,6H,2-3H2,1H3,(H2,9,10,11). The molecule has 1 aromatic heterocycles. The Labute approximate surface area is 65.7 Å². The predicted octanol–water partition coefficient (Wildman–Crippen LogP) is 1.24. The van der Waals surface area contributed by atoms with E-state index in [0.717, 1.165) is 11.5 Å². The van der Waals surface area contributed by atoms with E-state index in [2.05, 4.69) is 9.97 Å². The molecule has 1 aliphatic carbocycles. The molecule has 2 rings (SSSR count). The number of nitrogens with two attached hydrogens (primary N) is 1. The van der Waals surface area contributed by atoms with Crippen molar-refractivity contribution in [2.75, 3.05) is 5.73 Å². The SMILES string of the molecule is Cc1nc(N)cc(C2CC2)n1. The second-order valence-corrected chi connectivity index (χ2v) is 3.04. The van der Waals surface area contributed by atoms with Crippen LogP contribution in [0.1, 0.15) is 30.3 Å². The van der Waals surface area contributed by atoms with Gasteiger partial charge in [-0.3, -0.25) is 0 Å². The summed E-state index contributed by atoms with van der Waals surface area (Å²) in [6.07, 6.45) is 2.52. The van der Waals surface area contributed by atoms with Gasteiger partial charge in [0.1, 0.15) is 11.6 Å². The molecular formula is C8H11N3. The zero-order chi connectivity index (χ0) is 7.84. The van der Waals surface area contributed by atoms with Gasteiger partial charge < -0.3 is 5.73 Å². The van der Waals surface area contributed by atoms with Gasteiger partial charge in [0.05, 0.1) is 0 Å². The molecule has 2 N–H and O–H groups in total. The lowest BCUT2D eigenvalue weighted by atomic mass is 10.3. The van der Waals surface area contributed by atoms with E-state index >= 15 is 0 Å². The Morgan fingerprint density at radius 1 is 1.45 bits per heavy atom. The van der Waals surface area contributed by atoms with Gasteiger partial charge in [0.25, 0.3) is 0 Å². The predicted molar refractivity (Wildman–Crippen MR) is 43.2 cm³/mol. The van der Waals surface area contributed by atoms with Crippen molar-refractivity contribution < 1.29 is 0 Å². The molecule has 3 nitrogen and oxygen atoms in total. The Morgan fingerprint density at radius 3 is 2.73 bits per heavy atom. The summed E-state index contributed by atoms with van der Waals surface area (Å²) in [6, 6.07) is 1.88. The van der Waals surface area contributed by atoms with Crippen LogP contribution in [0.15, 0.2) is 6.07 Å². The molecule has 0 aliphatic heterocycles. The lowest BCUT2D eigenvalue weighted by Crippen LogP contribution is -1.98. The zero-order valence-electron chi connectivity index (χ0n) is 6.54. The minimum Gasteiger partial charge on any atom is -0.384 e. The topological polar surface area (TPSA) is 51.8 Å². The first-order valence-electron chi connectivity index (χ1n) is 3.87. The molecular weight excluding hydrogens is 138 g/mol. The highest BCUT2D eigenvalue weighted by atomic mass is 14.9. The van der Waals surface area contributed by atoms with Gasteiger partial charge in [0.15, 0.2) is 0 Å². The van der Waals surface area contributed by atoms with Gasteiger partial charge in [-0.25, -0.2) is 9.97 Å². The normalized spacial score (nSPS) is 16.8. The van der Waals surface area contributed by atoms with Crippen LogP contribution in [-0.2, 0) is 0 Å². The van der Waals surface area contributed by atoms with Crippen molar-refractivity contribution in [3.05, 3.63) is 17.6 Å². The summed E-state index contributed by atoms with van der Waals surface area (Å²) in [6.45, 7) is 1.88. The van der Waals surface area contributed by atoms with Crippen molar-refractivity contribution in [2.24, 2.45) is 0 Å². The fourth-order valence-corrected chi connectivity index (χ4v) is 1.20. The third-order valence-corrected chi connectivity index (χ3v) is 1.87. The van der Waals surface area contributed by atoms with Crippen LogP contribution >= 0.6 is 0 Å². The number of hydrogen-bond donors (Lipinski definition) is 1. The second-order valence-electron chi connectivity index (χ2n) is 3.04. The van der Waals surface area contributed by atoms with Gasteiger partial charge in [-0.1, -0.05) is 0 Å². The van der Waals surface area contributed by atoms with Crippen LogP contribution in [0.5, 0.6) is 0 Å². The Balaban J connectivity index is 2.39. The van der Waals surface area contributed by atoms with Crippen molar-refractivity contribution >= 4 is 5.82 Å². The van der Waals surface area contributed by atoms with Crippen LogP contribution in [0, 0.1) is 6.92 Å². The summed E-state index contributed by atoms with van der Waals surface area (Å²) in [5.41, 5.74) is 6.69. The minimum atomic E-state index is 0.597. The second kappa shape index (κ2) is 2.19. The van der Waals surface area contributed by atoms with E-state index in [-0.39, 0.29) is 0 Å². The lowest BCUT2D eigenvalue weighted by molar-refractivity contribution is 0.946. The van der Waals surface area contributed by atoms with E-state index in [1.807, 2.05) is 13.0 Å². The summed E-state index contributed by atoms with van der Waals surface area (Å²) in [7, 11) is 0. The first-order valence-corrected chi connectivity index (χ1v) is 3.87. The quantitative estimate of drug-likeness (QED) is 0.653. The molecule has 1 aromatic rings. The third kappa shape index (κ3) is 1.31. The molecule has 0 saturated heterocycles.